The van der Waals surface area contributed by atoms with Crippen LogP contribution in [0.4, 0.5) is 0 Å². The zero-order chi connectivity index (χ0) is 13.6. The van der Waals surface area contributed by atoms with Crippen molar-refractivity contribution in [2.75, 3.05) is 19.8 Å². The van der Waals surface area contributed by atoms with E-state index in [1.165, 1.54) is 0 Å². The van der Waals surface area contributed by atoms with Crippen LogP contribution >= 0.6 is 0 Å². The SMILES string of the molecule is CC(=O)O.CC(=O)O.OCCC(CO)CO. The van der Waals surface area contributed by atoms with E-state index >= 15 is 0 Å². The van der Waals surface area contributed by atoms with Crippen molar-refractivity contribution in [3.8, 4) is 0 Å². The third-order valence-electron chi connectivity index (χ3n) is 1.05. The Balaban J connectivity index is -0.000000179. The van der Waals surface area contributed by atoms with Crippen LogP contribution in [0.1, 0.15) is 20.3 Å². The monoisotopic (exact) mass is 240 g/mol. The van der Waals surface area contributed by atoms with Crippen molar-refractivity contribution in [1.82, 2.24) is 0 Å². The Morgan fingerprint density at radius 3 is 1.25 bits per heavy atom. The first-order valence-electron chi connectivity index (χ1n) is 4.53. The van der Waals surface area contributed by atoms with Gasteiger partial charge in [-0.1, -0.05) is 0 Å². The lowest BCUT2D eigenvalue weighted by molar-refractivity contribution is -0.135. The predicted molar refractivity (Wildman–Crippen MR) is 56.0 cm³/mol. The van der Waals surface area contributed by atoms with Crippen LogP contribution in [0.25, 0.3) is 0 Å². The van der Waals surface area contributed by atoms with Gasteiger partial charge in [-0.2, -0.15) is 0 Å². The standard InChI is InChI=1S/C5H12O3.2C2H4O2/c6-2-1-5(3-7)4-8;2*1-2(3)4/h5-8H,1-4H2;2*1H3,(H,3,4). The first-order valence-corrected chi connectivity index (χ1v) is 4.53. The summed E-state index contributed by atoms with van der Waals surface area (Å²) in [5.74, 6) is -1.81. The average molecular weight is 240 g/mol. The van der Waals surface area contributed by atoms with Crippen molar-refractivity contribution in [2.24, 2.45) is 5.92 Å². The number of aliphatic hydroxyl groups is 3. The summed E-state index contributed by atoms with van der Waals surface area (Å²) >= 11 is 0. The summed E-state index contributed by atoms with van der Waals surface area (Å²) in [5.41, 5.74) is 0. The molecule has 0 amide bonds. The molecule has 0 aromatic heterocycles. The van der Waals surface area contributed by atoms with E-state index in [2.05, 4.69) is 0 Å². The molecule has 0 unspecified atom stereocenters. The largest absolute Gasteiger partial charge is 0.481 e. The van der Waals surface area contributed by atoms with Gasteiger partial charge in [0, 0.05) is 39.6 Å². The highest BCUT2D eigenvalue weighted by Gasteiger charge is 2.02. The van der Waals surface area contributed by atoms with E-state index in [9.17, 15) is 0 Å². The van der Waals surface area contributed by atoms with Crippen molar-refractivity contribution in [3.05, 3.63) is 0 Å². The third-order valence-corrected chi connectivity index (χ3v) is 1.05. The van der Waals surface area contributed by atoms with Crippen LogP contribution in [0.5, 0.6) is 0 Å². The second kappa shape index (κ2) is 16.3. The van der Waals surface area contributed by atoms with Gasteiger partial charge in [-0.3, -0.25) is 9.59 Å². The van der Waals surface area contributed by atoms with Gasteiger partial charge in [0.2, 0.25) is 0 Å². The van der Waals surface area contributed by atoms with Gasteiger partial charge in [-0.15, -0.1) is 0 Å². The molecule has 0 saturated carbocycles. The molecule has 5 N–H and O–H groups in total. The molecule has 0 fully saturated rings. The van der Waals surface area contributed by atoms with Crippen LogP contribution in [0.15, 0.2) is 0 Å². The molecule has 0 saturated heterocycles. The van der Waals surface area contributed by atoms with E-state index in [0.717, 1.165) is 13.8 Å². The summed E-state index contributed by atoms with van der Waals surface area (Å²) in [5, 5.41) is 39.9. The zero-order valence-corrected chi connectivity index (χ0v) is 9.46. The first kappa shape index (κ1) is 20.3. The topological polar surface area (TPSA) is 135 Å². The molecule has 98 valence electrons. The summed E-state index contributed by atoms with van der Waals surface area (Å²) in [6.07, 6.45) is 0.479. The number of carbonyl (C=O) groups is 2. The molecule has 0 aromatic carbocycles. The van der Waals surface area contributed by atoms with Gasteiger partial charge in [0.1, 0.15) is 0 Å². The zero-order valence-electron chi connectivity index (χ0n) is 9.46. The Bertz CT molecular complexity index is 145. The van der Waals surface area contributed by atoms with Crippen LogP contribution in [0, 0.1) is 5.92 Å². The quantitative estimate of drug-likeness (QED) is 0.432. The molecule has 0 rings (SSSR count). The molecule has 7 heteroatoms. The van der Waals surface area contributed by atoms with E-state index in [0.29, 0.717) is 6.42 Å². The fraction of sp³-hybridized carbons (Fsp3) is 0.778. The lowest BCUT2D eigenvalue weighted by Gasteiger charge is -2.06. The second-order valence-electron chi connectivity index (χ2n) is 2.78. The molecular formula is C9H20O7. The maximum Gasteiger partial charge on any atom is 0.300 e. The Labute approximate surface area is 94.0 Å². The molecule has 0 aliphatic heterocycles. The number of aliphatic hydroxyl groups excluding tert-OH is 3. The van der Waals surface area contributed by atoms with Crippen molar-refractivity contribution in [3.63, 3.8) is 0 Å². The average Bonchev–Trinajstić information content (AvgIpc) is 2.12. The van der Waals surface area contributed by atoms with Gasteiger partial charge >= 0.3 is 0 Å². The van der Waals surface area contributed by atoms with Gasteiger partial charge < -0.3 is 25.5 Å². The number of carboxylic acid groups (broad SMARTS) is 2. The molecule has 0 spiro atoms. The summed E-state index contributed by atoms with van der Waals surface area (Å²) in [6.45, 7) is 2.11. The number of aliphatic carboxylic acids is 2. The van der Waals surface area contributed by atoms with E-state index in [4.69, 9.17) is 35.1 Å². The van der Waals surface area contributed by atoms with E-state index in [1.54, 1.807) is 0 Å². The minimum atomic E-state index is -0.833. The van der Waals surface area contributed by atoms with Crippen LogP contribution in [-0.4, -0.2) is 57.3 Å². The fourth-order valence-corrected chi connectivity index (χ4v) is 0.423. The van der Waals surface area contributed by atoms with Crippen LogP contribution < -0.4 is 0 Å². The molecule has 0 aliphatic carbocycles. The number of hydrogen-bond acceptors (Lipinski definition) is 5. The van der Waals surface area contributed by atoms with Gasteiger partial charge in [0.25, 0.3) is 11.9 Å². The highest BCUT2D eigenvalue weighted by atomic mass is 16.4. The predicted octanol–water partition coefficient (Wildman–Crippen LogP) is -0.849. The van der Waals surface area contributed by atoms with E-state index < -0.39 is 11.9 Å². The molecule has 0 atom stereocenters. The molecule has 7 nitrogen and oxygen atoms in total. The lowest BCUT2D eigenvalue weighted by atomic mass is 10.1. The van der Waals surface area contributed by atoms with Crippen LogP contribution in [-0.2, 0) is 9.59 Å². The lowest BCUT2D eigenvalue weighted by Crippen LogP contribution is -2.12. The third kappa shape index (κ3) is 52.9. The Morgan fingerprint density at radius 2 is 1.19 bits per heavy atom. The van der Waals surface area contributed by atoms with Crippen molar-refractivity contribution < 1.29 is 35.1 Å². The molecular weight excluding hydrogens is 220 g/mol. The molecule has 16 heavy (non-hydrogen) atoms. The molecule has 0 aliphatic rings. The van der Waals surface area contributed by atoms with Gasteiger partial charge in [0.15, 0.2) is 0 Å². The maximum atomic E-state index is 9.00. The highest BCUT2D eigenvalue weighted by molar-refractivity contribution is 5.63. The molecule has 0 bridgehead atoms. The normalized spacial score (nSPS) is 8.38. The minimum Gasteiger partial charge on any atom is -0.481 e. The molecule has 0 aromatic rings. The van der Waals surface area contributed by atoms with E-state index in [1.807, 2.05) is 0 Å². The second-order valence-corrected chi connectivity index (χ2v) is 2.78. The Hall–Kier alpha value is -1.18. The summed E-state index contributed by atoms with van der Waals surface area (Å²) in [7, 11) is 0. The van der Waals surface area contributed by atoms with Crippen molar-refractivity contribution >= 4 is 11.9 Å². The van der Waals surface area contributed by atoms with Crippen molar-refractivity contribution in [1.29, 1.82) is 0 Å². The number of rotatable bonds is 4. The summed E-state index contributed by atoms with van der Waals surface area (Å²) in [4.78, 5) is 18.0. The maximum absolute atomic E-state index is 9.00. The molecule has 0 radical (unpaired) electrons. The van der Waals surface area contributed by atoms with Crippen molar-refractivity contribution in [2.45, 2.75) is 20.3 Å². The van der Waals surface area contributed by atoms with Gasteiger partial charge in [-0.25, -0.2) is 0 Å². The first-order chi connectivity index (χ1) is 7.31. The minimum absolute atomic E-state index is 0.0335. The van der Waals surface area contributed by atoms with Crippen LogP contribution in [0.2, 0.25) is 0 Å². The fourth-order valence-electron chi connectivity index (χ4n) is 0.423. The summed E-state index contributed by atoms with van der Waals surface area (Å²) < 4.78 is 0. The van der Waals surface area contributed by atoms with Crippen LogP contribution in [0.3, 0.4) is 0 Å². The summed E-state index contributed by atoms with van der Waals surface area (Å²) in [6, 6.07) is 0. The Morgan fingerprint density at radius 1 is 0.938 bits per heavy atom. The van der Waals surface area contributed by atoms with Gasteiger partial charge in [-0.05, 0) is 6.42 Å². The highest BCUT2D eigenvalue weighted by Crippen LogP contribution is 1.97. The van der Waals surface area contributed by atoms with E-state index in [-0.39, 0.29) is 25.7 Å². The smallest absolute Gasteiger partial charge is 0.300 e. The number of hydrogen-bond donors (Lipinski definition) is 5. The Kier molecular flexibility index (Phi) is 20.6. The molecule has 0 heterocycles. The van der Waals surface area contributed by atoms with Gasteiger partial charge in [0.05, 0.1) is 0 Å². The number of carboxylic acids is 2.